The molecule has 1 aliphatic rings. The van der Waals surface area contributed by atoms with Gasteiger partial charge in [-0.25, -0.2) is 0 Å². The second-order valence-electron chi connectivity index (χ2n) is 10.6. The van der Waals surface area contributed by atoms with E-state index >= 15 is 0 Å². The highest BCUT2D eigenvalue weighted by atomic mass is 32.2. The average Bonchev–Trinajstić information content (AvgIpc) is 3.30. The number of aliphatic hydroxyl groups excluding tert-OH is 1. The second-order valence-corrected chi connectivity index (χ2v) is 12.2. The molecule has 3 atom stereocenters. The number of aryl methyl sites for hydroxylation is 1. The van der Waals surface area contributed by atoms with Crippen LogP contribution in [0.5, 0.6) is 0 Å². The van der Waals surface area contributed by atoms with Crippen molar-refractivity contribution in [2.75, 3.05) is 5.88 Å². The van der Waals surface area contributed by atoms with Crippen LogP contribution in [0.1, 0.15) is 36.1 Å². The molecule has 4 rings (SSSR count). The van der Waals surface area contributed by atoms with E-state index in [1.165, 1.54) is 22.7 Å². The molecule has 2 aromatic carbocycles. The number of aliphatic hydroxyl groups is 1. The zero-order chi connectivity index (χ0) is 29.4. The third-order valence-corrected chi connectivity index (χ3v) is 8.54. The standard InChI is InChI=1S/C32H36N4O4S/c1-22-10-7-8-14-25(22)20-34-30(39)29-32(2,3)41-21-36(29)31(40)28(38)26(18-23-11-5-4-6-12-23)35-27(37)16-15-24-13-9-17-33-19-24/h4-17,19,26,28-29,38H,18,20-21H2,1-3H3,(H,34,39)(H,35,37)/b16-15+. The summed E-state index contributed by atoms with van der Waals surface area (Å²) in [5.41, 5.74) is 3.65. The van der Waals surface area contributed by atoms with Crippen LogP contribution in [0.2, 0.25) is 0 Å². The van der Waals surface area contributed by atoms with E-state index in [-0.39, 0.29) is 18.2 Å². The number of thioether (sulfide) groups is 1. The molecule has 3 N–H and O–H groups in total. The molecule has 3 unspecified atom stereocenters. The van der Waals surface area contributed by atoms with Crippen LogP contribution in [0.15, 0.2) is 85.2 Å². The zero-order valence-electron chi connectivity index (χ0n) is 23.5. The lowest BCUT2D eigenvalue weighted by atomic mass is 9.97. The highest BCUT2D eigenvalue weighted by Gasteiger charge is 2.49. The van der Waals surface area contributed by atoms with Crippen LogP contribution in [0.3, 0.4) is 0 Å². The SMILES string of the molecule is Cc1ccccc1CNC(=O)C1N(C(=O)C(O)C(Cc2ccccc2)NC(=O)/C=C/c2cccnc2)CSC1(C)C. The van der Waals surface area contributed by atoms with E-state index in [1.807, 2.05) is 81.4 Å². The van der Waals surface area contributed by atoms with Crippen molar-refractivity contribution in [1.82, 2.24) is 20.5 Å². The Morgan fingerprint density at radius 1 is 1.10 bits per heavy atom. The molecular formula is C32H36N4O4S. The Bertz CT molecular complexity index is 1380. The second kappa shape index (κ2) is 13.6. The molecule has 214 valence electrons. The maximum atomic E-state index is 13.8. The van der Waals surface area contributed by atoms with E-state index in [0.717, 1.165) is 22.3 Å². The zero-order valence-corrected chi connectivity index (χ0v) is 24.3. The van der Waals surface area contributed by atoms with Crippen molar-refractivity contribution in [3.63, 3.8) is 0 Å². The van der Waals surface area contributed by atoms with Crippen LogP contribution in [-0.4, -0.2) is 61.5 Å². The van der Waals surface area contributed by atoms with Gasteiger partial charge >= 0.3 is 0 Å². The third-order valence-electron chi connectivity index (χ3n) is 7.16. The van der Waals surface area contributed by atoms with Gasteiger partial charge in [0.2, 0.25) is 11.8 Å². The van der Waals surface area contributed by atoms with Crippen molar-refractivity contribution in [1.29, 1.82) is 0 Å². The van der Waals surface area contributed by atoms with Crippen molar-refractivity contribution in [3.05, 3.63) is 107 Å². The number of nitrogens with one attached hydrogen (secondary N) is 2. The fourth-order valence-electron chi connectivity index (χ4n) is 4.83. The van der Waals surface area contributed by atoms with Gasteiger partial charge in [-0.2, -0.15) is 0 Å². The summed E-state index contributed by atoms with van der Waals surface area (Å²) in [4.78, 5) is 45.6. The van der Waals surface area contributed by atoms with Crippen LogP contribution in [-0.2, 0) is 27.3 Å². The number of nitrogens with zero attached hydrogens (tertiary/aromatic N) is 2. The van der Waals surface area contributed by atoms with E-state index in [4.69, 9.17) is 0 Å². The first-order valence-corrected chi connectivity index (χ1v) is 14.5. The van der Waals surface area contributed by atoms with Crippen LogP contribution in [0, 0.1) is 6.92 Å². The van der Waals surface area contributed by atoms with Crippen LogP contribution in [0.4, 0.5) is 0 Å². The van der Waals surface area contributed by atoms with Crippen molar-refractivity contribution >= 4 is 35.6 Å². The average molecular weight is 573 g/mol. The van der Waals surface area contributed by atoms with E-state index in [2.05, 4.69) is 15.6 Å². The maximum Gasteiger partial charge on any atom is 0.254 e. The molecule has 0 bridgehead atoms. The predicted octanol–water partition coefficient (Wildman–Crippen LogP) is 3.49. The minimum absolute atomic E-state index is 0.231. The highest BCUT2D eigenvalue weighted by Crippen LogP contribution is 2.40. The quantitative estimate of drug-likeness (QED) is 0.321. The molecular weight excluding hydrogens is 536 g/mol. The fourth-order valence-corrected chi connectivity index (χ4v) is 5.97. The van der Waals surface area contributed by atoms with Gasteiger partial charge in [0.15, 0.2) is 6.10 Å². The van der Waals surface area contributed by atoms with E-state index < -0.39 is 34.7 Å². The fraction of sp³-hybridized carbons (Fsp3) is 0.312. The molecule has 3 amide bonds. The van der Waals surface area contributed by atoms with Gasteiger partial charge in [0, 0.05) is 29.8 Å². The Morgan fingerprint density at radius 2 is 1.83 bits per heavy atom. The Hall–Kier alpha value is -3.95. The molecule has 1 aliphatic heterocycles. The first-order valence-electron chi connectivity index (χ1n) is 13.5. The van der Waals surface area contributed by atoms with E-state index in [9.17, 15) is 19.5 Å². The van der Waals surface area contributed by atoms with Crippen molar-refractivity contribution < 1.29 is 19.5 Å². The summed E-state index contributed by atoms with van der Waals surface area (Å²) < 4.78 is -0.574. The third kappa shape index (κ3) is 7.83. The number of benzene rings is 2. The topological polar surface area (TPSA) is 112 Å². The van der Waals surface area contributed by atoms with Gasteiger partial charge in [-0.15, -0.1) is 11.8 Å². The molecule has 1 saturated heterocycles. The summed E-state index contributed by atoms with van der Waals surface area (Å²) >= 11 is 1.48. The summed E-state index contributed by atoms with van der Waals surface area (Å²) in [6.45, 7) is 6.16. The first kappa shape index (κ1) is 30.0. The molecule has 9 heteroatoms. The lowest BCUT2D eigenvalue weighted by Gasteiger charge is -2.33. The molecule has 41 heavy (non-hydrogen) atoms. The number of hydrogen-bond acceptors (Lipinski definition) is 6. The molecule has 0 saturated carbocycles. The Kier molecular flexibility index (Phi) is 9.96. The number of pyridine rings is 1. The summed E-state index contributed by atoms with van der Waals surface area (Å²) in [7, 11) is 0. The minimum atomic E-state index is -1.56. The Labute approximate surface area is 245 Å². The van der Waals surface area contributed by atoms with Gasteiger partial charge in [0.1, 0.15) is 6.04 Å². The number of aromatic nitrogens is 1. The summed E-state index contributed by atoms with van der Waals surface area (Å²) in [6.07, 6.45) is 4.90. The highest BCUT2D eigenvalue weighted by molar-refractivity contribution is 8.00. The lowest BCUT2D eigenvalue weighted by molar-refractivity contribution is -0.147. The van der Waals surface area contributed by atoms with E-state index in [0.29, 0.717) is 6.54 Å². The molecule has 0 spiro atoms. The number of rotatable bonds is 10. The van der Waals surface area contributed by atoms with Gasteiger partial charge in [-0.05, 0) is 61.6 Å². The monoisotopic (exact) mass is 572 g/mol. The van der Waals surface area contributed by atoms with Gasteiger partial charge in [0.25, 0.3) is 5.91 Å². The Balaban J connectivity index is 1.51. The molecule has 1 aromatic heterocycles. The molecule has 3 aromatic rings. The molecule has 0 aliphatic carbocycles. The number of carbonyl (C=O) groups is 3. The number of hydrogen-bond donors (Lipinski definition) is 3. The Morgan fingerprint density at radius 3 is 2.54 bits per heavy atom. The molecule has 2 heterocycles. The maximum absolute atomic E-state index is 13.8. The summed E-state index contributed by atoms with van der Waals surface area (Å²) in [5, 5.41) is 17.2. The predicted molar refractivity (Wildman–Crippen MR) is 162 cm³/mol. The summed E-state index contributed by atoms with van der Waals surface area (Å²) in [5.74, 6) is -1.09. The lowest BCUT2D eigenvalue weighted by Crippen LogP contribution is -2.58. The van der Waals surface area contributed by atoms with Gasteiger partial charge < -0.3 is 20.6 Å². The first-order chi connectivity index (χ1) is 19.7. The molecule has 1 fully saturated rings. The minimum Gasteiger partial charge on any atom is -0.381 e. The van der Waals surface area contributed by atoms with Gasteiger partial charge in [-0.3, -0.25) is 19.4 Å². The van der Waals surface area contributed by atoms with Gasteiger partial charge in [-0.1, -0.05) is 60.7 Å². The smallest absolute Gasteiger partial charge is 0.254 e. The normalized spacial score (nSPS) is 17.7. The van der Waals surface area contributed by atoms with Crippen molar-refractivity contribution in [3.8, 4) is 0 Å². The number of carbonyl (C=O) groups excluding carboxylic acids is 3. The van der Waals surface area contributed by atoms with Crippen LogP contribution >= 0.6 is 11.8 Å². The van der Waals surface area contributed by atoms with Crippen molar-refractivity contribution in [2.24, 2.45) is 0 Å². The van der Waals surface area contributed by atoms with E-state index in [1.54, 1.807) is 24.5 Å². The molecule has 8 nitrogen and oxygen atoms in total. The molecule has 0 radical (unpaired) electrons. The van der Waals surface area contributed by atoms with Crippen LogP contribution in [0.25, 0.3) is 6.08 Å². The van der Waals surface area contributed by atoms with Gasteiger partial charge in [0.05, 0.1) is 11.9 Å². The van der Waals surface area contributed by atoms with Crippen molar-refractivity contribution in [2.45, 2.75) is 56.7 Å². The largest absolute Gasteiger partial charge is 0.381 e. The summed E-state index contributed by atoms with van der Waals surface area (Å²) in [6, 6.07) is 19.0. The van der Waals surface area contributed by atoms with Crippen LogP contribution < -0.4 is 10.6 Å². The number of amides is 3.